The molecule has 2 saturated heterocycles. The van der Waals surface area contributed by atoms with Gasteiger partial charge in [-0.2, -0.15) is 0 Å². The van der Waals surface area contributed by atoms with Gasteiger partial charge in [0.15, 0.2) is 24.3 Å². The summed E-state index contributed by atoms with van der Waals surface area (Å²) < 4.78 is 28.5. The number of fused-ring (bicyclic) bond motifs is 5. The average molecular weight is 1110 g/mol. The molecule has 347 valence electrons. The Morgan fingerprint density at radius 1 is 0.922 bits per heavy atom. The van der Waals surface area contributed by atoms with Crippen molar-refractivity contribution >= 4 is 23.6 Å². The SMILES string of the molecule is CC1=C2C(OC(=O)COC3OC(CO)C(O)C(O)C3O)C(=O)[C@]3(C)C(O)CC4OC[C@@]4(O)C3[C@H](C)C(O)(CC1OC(=O)C(O)C(NC(=O)c1ccccc1)c1ccccc1)C2(C)C.[Ac]. The molecular formula is C45H57AcNO17. The molecule has 16 atom stereocenters. The summed E-state index contributed by atoms with van der Waals surface area (Å²) in [5.74, 6) is -6.14. The van der Waals surface area contributed by atoms with Crippen LogP contribution in [-0.4, -0.2) is 157 Å². The zero-order valence-electron chi connectivity index (χ0n) is 36.1. The number of benzene rings is 2. The Balaban J connectivity index is 0.00000680. The normalized spacial score (nSPS) is 38.6. The summed E-state index contributed by atoms with van der Waals surface area (Å²) >= 11 is 0. The smallest absolute Gasteiger partial charge is 0.338 e. The van der Waals surface area contributed by atoms with Crippen LogP contribution in [0.15, 0.2) is 71.8 Å². The van der Waals surface area contributed by atoms with E-state index in [9.17, 15) is 55.2 Å². The molecule has 0 spiro atoms. The van der Waals surface area contributed by atoms with Crippen molar-refractivity contribution < 1.29 is 128 Å². The predicted molar refractivity (Wildman–Crippen MR) is 216 cm³/mol. The molecule has 19 heteroatoms. The summed E-state index contributed by atoms with van der Waals surface area (Å²) in [5.41, 5.74) is -6.34. The van der Waals surface area contributed by atoms with Crippen molar-refractivity contribution in [1.82, 2.24) is 5.32 Å². The Hall–Kier alpha value is -2.74. The number of carbonyl (C=O) groups is 4. The van der Waals surface area contributed by atoms with Crippen LogP contribution >= 0.6 is 0 Å². The number of rotatable bonds is 11. The fourth-order valence-electron chi connectivity index (χ4n) is 10.9. The van der Waals surface area contributed by atoms with Crippen molar-refractivity contribution in [2.75, 3.05) is 19.8 Å². The van der Waals surface area contributed by atoms with Crippen molar-refractivity contribution in [2.24, 2.45) is 22.7 Å². The third-order valence-corrected chi connectivity index (χ3v) is 14.6. The summed E-state index contributed by atoms with van der Waals surface area (Å²) in [6.07, 6.45) is -16.7. The summed E-state index contributed by atoms with van der Waals surface area (Å²) in [7, 11) is 0. The van der Waals surface area contributed by atoms with Crippen molar-refractivity contribution in [1.29, 1.82) is 0 Å². The number of hydrogen-bond acceptors (Lipinski definition) is 17. The Bertz CT molecular complexity index is 2090. The van der Waals surface area contributed by atoms with Gasteiger partial charge in [-0.25, -0.2) is 9.59 Å². The molecule has 3 aliphatic carbocycles. The first-order chi connectivity index (χ1) is 29.6. The summed E-state index contributed by atoms with van der Waals surface area (Å²) in [5, 5.41) is 92.3. The zero-order chi connectivity index (χ0) is 46.0. The molecule has 5 aliphatic rings. The van der Waals surface area contributed by atoms with E-state index in [1.54, 1.807) is 81.4 Å². The van der Waals surface area contributed by atoms with Crippen molar-refractivity contribution in [3.63, 3.8) is 0 Å². The number of nitrogens with one attached hydrogen (secondary N) is 1. The quantitative estimate of drug-likeness (QED) is 0.100. The van der Waals surface area contributed by atoms with Gasteiger partial charge in [-0.15, -0.1) is 0 Å². The molecule has 18 nitrogen and oxygen atoms in total. The van der Waals surface area contributed by atoms with Crippen LogP contribution in [0.3, 0.4) is 0 Å². The van der Waals surface area contributed by atoms with E-state index in [-0.39, 0.29) is 80.2 Å². The molecule has 1 radical (unpaired) electrons. The van der Waals surface area contributed by atoms with Crippen LogP contribution in [0.1, 0.15) is 69.4 Å². The van der Waals surface area contributed by atoms with Gasteiger partial charge in [-0.3, -0.25) is 9.59 Å². The van der Waals surface area contributed by atoms with Gasteiger partial charge in [0, 0.05) is 73.8 Å². The zero-order valence-corrected chi connectivity index (χ0v) is 40.9. The maximum Gasteiger partial charge on any atom is 0.338 e. The Labute approximate surface area is 405 Å². The molecule has 9 N–H and O–H groups in total. The van der Waals surface area contributed by atoms with Gasteiger partial charge in [0.1, 0.15) is 42.7 Å². The van der Waals surface area contributed by atoms with Crippen LogP contribution in [0.2, 0.25) is 0 Å². The number of amides is 1. The van der Waals surface area contributed by atoms with Crippen molar-refractivity contribution in [3.05, 3.63) is 82.9 Å². The molecular weight excluding hydrogens is 1050 g/mol. The third kappa shape index (κ3) is 8.45. The topological polar surface area (TPSA) is 288 Å². The van der Waals surface area contributed by atoms with E-state index in [2.05, 4.69) is 5.32 Å². The molecule has 7 rings (SSSR count). The second-order valence-corrected chi connectivity index (χ2v) is 18.3. The van der Waals surface area contributed by atoms with Gasteiger partial charge in [0.25, 0.3) is 5.91 Å². The summed E-state index contributed by atoms with van der Waals surface area (Å²) in [4.78, 5) is 56.7. The van der Waals surface area contributed by atoms with Gasteiger partial charge in [0.2, 0.25) is 0 Å². The first-order valence-corrected chi connectivity index (χ1v) is 21.0. The van der Waals surface area contributed by atoms with Crippen molar-refractivity contribution in [2.45, 2.75) is 126 Å². The van der Waals surface area contributed by atoms with Crippen LogP contribution in [0.4, 0.5) is 0 Å². The average Bonchev–Trinajstić information content (AvgIpc) is 3.26. The van der Waals surface area contributed by atoms with E-state index in [1.807, 2.05) is 0 Å². The number of esters is 2. The van der Waals surface area contributed by atoms with Crippen LogP contribution in [0.25, 0.3) is 0 Å². The molecule has 4 fully saturated rings. The predicted octanol–water partition coefficient (Wildman–Crippen LogP) is -0.628. The number of ketones is 1. The third-order valence-electron chi connectivity index (χ3n) is 14.6. The van der Waals surface area contributed by atoms with Crippen LogP contribution in [0, 0.1) is 66.7 Å². The van der Waals surface area contributed by atoms with E-state index >= 15 is 4.79 Å². The van der Waals surface area contributed by atoms with Crippen molar-refractivity contribution in [3.8, 4) is 0 Å². The van der Waals surface area contributed by atoms with Gasteiger partial charge in [-0.1, -0.05) is 69.3 Å². The van der Waals surface area contributed by atoms with E-state index in [0.717, 1.165) is 0 Å². The van der Waals surface area contributed by atoms with E-state index < -0.39 is 138 Å². The van der Waals surface area contributed by atoms with E-state index in [1.165, 1.54) is 13.8 Å². The van der Waals surface area contributed by atoms with Gasteiger partial charge < -0.3 is 69.9 Å². The van der Waals surface area contributed by atoms with E-state index in [4.69, 9.17) is 23.7 Å². The minimum Gasteiger partial charge on any atom is -0.456 e. The first-order valence-electron chi connectivity index (χ1n) is 21.0. The number of aliphatic hydroxyl groups excluding tert-OH is 6. The number of ether oxygens (including phenoxy) is 5. The van der Waals surface area contributed by atoms with Gasteiger partial charge >= 0.3 is 11.9 Å². The fourth-order valence-corrected chi connectivity index (χ4v) is 10.9. The van der Waals surface area contributed by atoms with Gasteiger partial charge in [0.05, 0.1) is 42.5 Å². The minimum atomic E-state index is -2.01. The molecule has 1 amide bonds. The number of carbonyl (C=O) groups excluding carboxylic acids is 4. The van der Waals surface area contributed by atoms with Gasteiger partial charge in [-0.05, 0) is 48.6 Å². The molecule has 64 heavy (non-hydrogen) atoms. The summed E-state index contributed by atoms with van der Waals surface area (Å²) in [6, 6.07) is 15.1. The van der Waals surface area contributed by atoms with E-state index in [0.29, 0.717) is 5.56 Å². The number of hydrogen-bond donors (Lipinski definition) is 9. The van der Waals surface area contributed by atoms with Crippen LogP contribution in [0.5, 0.6) is 0 Å². The first kappa shape index (κ1) is 50.7. The largest absolute Gasteiger partial charge is 0.456 e. The molecule has 2 bridgehead atoms. The second-order valence-electron chi connectivity index (χ2n) is 18.3. The summed E-state index contributed by atoms with van der Waals surface area (Å²) in [6.45, 7) is 5.78. The number of aliphatic hydroxyl groups is 8. The molecule has 2 saturated carbocycles. The number of Topliss-reactive ketones (excluding diaryl/α,β-unsaturated/α-hetero) is 1. The molecule has 2 aromatic rings. The Morgan fingerprint density at radius 3 is 2.14 bits per heavy atom. The maximum absolute atomic E-state index is 15.3. The fraction of sp³-hybridized carbons (Fsp3) is 0.600. The molecule has 2 aliphatic heterocycles. The standard InChI is InChI=1S/C45H57NO17.Ac/c1-21-25(61-40(56)33(51)31(23-12-8-6-9-13-23)46-39(55)24-14-10-7-11-15-24)17-45(58)22(2)37-43(5,27(48)16-28-44(37,57)20-60-28)38(54)36(30(21)42(45,3)4)63-29(49)19-59-41-35(53)34(52)32(50)26(18-47)62-41;/h6-15,22,25-28,31-37,41,47-48,50-53,57-58H,16-20H2,1-5H3,(H,46,55);/t22-,25?,26?,27?,28?,31?,32?,33?,34?,35?,36?,37?,41?,43+,44-,45?;/m0./s1. The Kier molecular flexibility index (Phi) is 15.1. The molecule has 0 aromatic heterocycles. The monoisotopic (exact) mass is 1110 g/mol. The molecule has 2 aromatic carbocycles. The Morgan fingerprint density at radius 2 is 1.55 bits per heavy atom. The minimum absolute atomic E-state index is 0. The maximum atomic E-state index is 15.3. The second kappa shape index (κ2) is 19.1. The van der Waals surface area contributed by atoms with Crippen LogP contribution in [-0.2, 0) is 38.1 Å². The molecule has 2 heterocycles. The molecule has 13 unspecified atom stereocenters. The van der Waals surface area contributed by atoms with Crippen LogP contribution < -0.4 is 5.32 Å².